The smallest absolute Gasteiger partial charge is 0.257 e. The van der Waals surface area contributed by atoms with Crippen molar-refractivity contribution in [1.82, 2.24) is 4.90 Å². The first-order valence-corrected chi connectivity index (χ1v) is 6.50. The van der Waals surface area contributed by atoms with E-state index in [2.05, 4.69) is 0 Å². The van der Waals surface area contributed by atoms with Gasteiger partial charge in [0.2, 0.25) is 0 Å². The number of hydrogen-bond acceptors (Lipinski definition) is 4. The van der Waals surface area contributed by atoms with Crippen molar-refractivity contribution >= 4 is 11.6 Å². The van der Waals surface area contributed by atoms with E-state index < -0.39 is 5.82 Å². The zero-order valence-electron chi connectivity index (χ0n) is 11.9. The third-order valence-electron chi connectivity index (χ3n) is 3.26. The Hall–Kier alpha value is -1.82. The fraction of sp³-hybridized carbons (Fsp3) is 0.500. The van der Waals surface area contributed by atoms with Crippen molar-refractivity contribution in [3.05, 3.63) is 23.5 Å². The molecule has 1 aliphatic rings. The molecule has 0 spiro atoms. The summed E-state index contributed by atoms with van der Waals surface area (Å²) in [7, 11) is 1.43. The number of morpholine rings is 1. The molecule has 6 heteroatoms. The number of amides is 1. The van der Waals surface area contributed by atoms with Gasteiger partial charge in [-0.3, -0.25) is 4.79 Å². The lowest BCUT2D eigenvalue weighted by atomic mass is 10.1. The lowest BCUT2D eigenvalue weighted by Crippen LogP contribution is -2.48. The Kier molecular flexibility index (Phi) is 4.13. The van der Waals surface area contributed by atoms with Gasteiger partial charge >= 0.3 is 0 Å². The van der Waals surface area contributed by atoms with Gasteiger partial charge in [0.15, 0.2) is 0 Å². The van der Waals surface area contributed by atoms with Crippen LogP contribution in [0, 0.1) is 5.82 Å². The number of halogens is 1. The SMILES string of the molecule is COc1cc(C(=O)N2C[C@@H](C)O[C@@H](C)C2)c(F)cc1N. The molecule has 2 rings (SSSR count). The van der Waals surface area contributed by atoms with Crippen LogP contribution in [0.3, 0.4) is 0 Å². The van der Waals surface area contributed by atoms with Crippen LogP contribution in [-0.2, 0) is 4.74 Å². The van der Waals surface area contributed by atoms with Gasteiger partial charge in [-0.1, -0.05) is 0 Å². The van der Waals surface area contributed by atoms with Crippen LogP contribution in [0.15, 0.2) is 12.1 Å². The van der Waals surface area contributed by atoms with Crippen molar-refractivity contribution in [1.29, 1.82) is 0 Å². The molecule has 20 heavy (non-hydrogen) atoms. The van der Waals surface area contributed by atoms with Crippen LogP contribution in [0.1, 0.15) is 24.2 Å². The summed E-state index contributed by atoms with van der Waals surface area (Å²) in [4.78, 5) is 14.0. The molecule has 1 aromatic rings. The quantitative estimate of drug-likeness (QED) is 0.838. The molecule has 1 saturated heterocycles. The summed E-state index contributed by atoms with van der Waals surface area (Å²) in [6.07, 6.45) is -0.136. The van der Waals surface area contributed by atoms with Crippen LogP contribution in [0.5, 0.6) is 5.75 Å². The Morgan fingerprint density at radius 3 is 2.55 bits per heavy atom. The summed E-state index contributed by atoms with van der Waals surface area (Å²) in [5, 5.41) is 0. The standard InChI is InChI=1S/C14H19FN2O3/c1-8-6-17(7-9(2)20-8)14(18)10-4-13(19-3)12(16)5-11(10)15/h4-5,8-9H,6-7,16H2,1-3H3/t8-,9+. The molecule has 0 radical (unpaired) electrons. The van der Waals surface area contributed by atoms with Gasteiger partial charge in [-0.15, -0.1) is 0 Å². The van der Waals surface area contributed by atoms with Gasteiger partial charge < -0.3 is 20.1 Å². The maximum atomic E-state index is 14.0. The minimum absolute atomic E-state index is 0.0302. The highest BCUT2D eigenvalue weighted by molar-refractivity contribution is 5.95. The highest BCUT2D eigenvalue weighted by atomic mass is 19.1. The predicted molar refractivity (Wildman–Crippen MR) is 73.3 cm³/mol. The van der Waals surface area contributed by atoms with E-state index in [4.69, 9.17) is 15.2 Å². The molecule has 0 saturated carbocycles. The number of carbonyl (C=O) groups is 1. The van der Waals surface area contributed by atoms with Crippen molar-refractivity contribution < 1.29 is 18.7 Å². The topological polar surface area (TPSA) is 64.8 Å². The molecule has 5 nitrogen and oxygen atoms in total. The van der Waals surface area contributed by atoms with Gasteiger partial charge in [0.25, 0.3) is 5.91 Å². The Balaban J connectivity index is 2.28. The first-order chi connectivity index (χ1) is 9.42. The lowest BCUT2D eigenvalue weighted by Gasteiger charge is -2.35. The van der Waals surface area contributed by atoms with E-state index >= 15 is 0 Å². The van der Waals surface area contributed by atoms with Crippen molar-refractivity contribution in [3.63, 3.8) is 0 Å². The minimum Gasteiger partial charge on any atom is -0.495 e. The number of nitrogen functional groups attached to an aromatic ring is 1. The maximum Gasteiger partial charge on any atom is 0.257 e. The fourth-order valence-electron chi connectivity index (χ4n) is 2.42. The first kappa shape index (κ1) is 14.6. The molecule has 1 aliphatic heterocycles. The maximum absolute atomic E-state index is 14.0. The van der Waals surface area contributed by atoms with Crippen molar-refractivity contribution in [3.8, 4) is 5.75 Å². The van der Waals surface area contributed by atoms with Crippen LogP contribution in [0.2, 0.25) is 0 Å². The van der Waals surface area contributed by atoms with Gasteiger partial charge in [-0.05, 0) is 19.9 Å². The monoisotopic (exact) mass is 282 g/mol. The van der Waals surface area contributed by atoms with E-state index in [1.807, 2.05) is 13.8 Å². The summed E-state index contributed by atoms with van der Waals surface area (Å²) >= 11 is 0. The van der Waals surface area contributed by atoms with E-state index in [0.29, 0.717) is 18.8 Å². The molecule has 110 valence electrons. The van der Waals surface area contributed by atoms with E-state index in [1.54, 1.807) is 4.90 Å². The van der Waals surface area contributed by atoms with Crippen molar-refractivity contribution in [2.75, 3.05) is 25.9 Å². The van der Waals surface area contributed by atoms with E-state index in [-0.39, 0.29) is 29.4 Å². The summed E-state index contributed by atoms with van der Waals surface area (Å²) in [5.74, 6) is -0.716. The largest absolute Gasteiger partial charge is 0.495 e. The molecule has 1 aromatic carbocycles. The highest BCUT2D eigenvalue weighted by Gasteiger charge is 2.28. The Morgan fingerprint density at radius 2 is 2.00 bits per heavy atom. The summed E-state index contributed by atoms with van der Waals surface area (Å²) in [6.45, 7) is 4.65. The molecule has 0 aliphatic carbocycles. The summed E-state index contributed by atoms with van der Waals surface area (Å²) < 4.78 is 24.5. The molecule has 1 fully saturated rings. The number of rotatable bonds is 2. The number of methoxy groups -OCH3 is 1. The zero-order valence-corrected chi connectivity index (χ0v) is 11.9. The molecular formula is C14H19FN2O3. The molecular weight excluding hydrogens is 263 g/mol. The van der Waals surface area contributed by atoms with Crippen LogP contribution < -0.4 is 10.5 Å². The van der Waals surface area contributed by atoms with Crippen molar-refractivity contribution in [2.45, 2.75) is 26.1 Å². The second-order valence-corrected chi connectivity index (χ2v) is 5.04. The van der Waals surface area contributed by atoms with Crippen LogP contribution in [-0.4, -0.2) is 43.2 Å². The van der Waals surface area contributed by atoms with Gasteiger partial charge in [0.1, 0.15) is 11.6 Å². The third-order valence-corrected chi connectivity index (χ3v) is 3.26. The Morgan fingerprint density at radius 1 is 1.40 bits per heavy atom. The van der Waals surface area contributed by atoms with Crippen LogP contribution in [0.4, 0.5) is 10.1 Å². The summed E-state index contributed by atoms with van der Waals surface area (Å²) in [5.41, 5.74) is 5.75. The molecule has 2 atom stereocenters. The summed E-state index contributed by atoms with van der Waals surface area (Å²) in [6, 6.07) is 2.46. The molecule has 0 unspecified atom stereocenters. The van der Waals surface area contributed by atoms with Crippen molar-refractivity contribution in [2.24, 2.45) is 0 Å². The Bertz CT molecular complexity index is 511. The zero-order chi connectivity index (χ0) is 14.9. The van der Waals surface area contributed by atoms with Crippen LogP contribution >= 0.6 is 0 Å². The highest BCUT2D eigenvalue weighted by Crippen LogP contribution is 2.26. The molecule has 0 aromatic heterocycles. The van der Waals surface area contributed by atoms with E-state index in [1.165, 1.54) is 13.2 Å². The number of anilines is 1. The predicted octanol–water partition coefficient (Wildman–Crippen LogP) is 1.67. The second-order valence-electron chi connectivity index (χ2n) is 5.04. The minimum atomic E-state index is -0.639. The number of nitrogens with two attached hydrogens (primary N) is 1. The molecule has 1 heterocycles. The van der Waals surface area contributed by atoms with Gasteiger partial charge in [0, 0.05) is 19.2 Å². The molecule has 1 amide bonds. The van der Waals surface area contributed by atoms with Gasteiger partial charge in [0.05, 0.1) is 30.6 Å². The fourth-order valence-corrected chi connectivity index (χ4v) is 2.42. The third kappa shape index (κ3) is 2.85. The number of benzene rings is 1. The average Bonchev–Trinajstić information content (AvgIpc) is 2.37. The number of nitrogens with zero attached hydrogens (tertiary/aromatic N) is 1. The second kappa shape index (κ2) is 5.66. The number of hydrogen-bond donors (Lipinski definition) is 1. The first-order valence-electron chi connectivity index (χ1n) is 6.50. The molecule has 0 bridgehead atoms. The van der Waals surface area contributed by atoms with Gasteiger partial charge in [-0.2, -0.15) is 0 Å². The normalized spacial score (nSPS) is 22.7. The average molecular weight is 282 g/mol. The van der Waals surface area contributed by atoms with Crippen LogP contribution in [0.25, 0.3) is 0 Å². The van der Waals surface area contributed by atoms with E-state index in [0.717, 1.165) is 6.07 Å². The number of carbonyl (C=O) groups excluding carboxylic acids is 1. The Labute approximate surface area is 117 Å². The van der Waals surface area contributed by atoms with Gasteiger partial charge in [-0.25, -0.2) is 4.39 Å². The van der Waals surface area contributed by atoms with E-state index in [9.17, 15) is 9.18 Å². The number of ether oxygens (including phenoxy) is 2. The molecule has 2 N–H and O–H groups in total. The lowest BCUT2D eigenvalue weighted by molar-refractivity contribution is -0.0587.